The molecular weight excluding hydrogens is 376 g/mol. The van der Waals surface area contributed by atoms with Gasteiger partial charge >= 0.3 is 0 Å². The lowest BCUT2D eigenvalue weighted by Gasteiger charge is -2.46. The molecule has 0 aliphatic heterocycles. The number of aliphatic hydroxyl groups excluding tert-OH is 2. The van der Waals surface area contributed by atoms with Gasteiger partial charge in [0, 0.05) is 18.9 Å². The Bertz CT molecular complexity index is 776. The average molecular weight is 415 g/mol. The summed E-state index contributed by atoms with van der Waals surface area (Å²) in [7, 11) is 1.65. The van der Waals surface area contributed by atoms with E-state index in [9.17, 15) is 15.0 Å². The molecule has 0 spiro atoms. The zero-order valence-electron chi connectivity index (χ0n) is 18.9. The molecular formula is C26H38O4. The van der Waals surface area contributed by atoms with Gasteiger partial charge < -0.3 is 14.9 Å². The Morgan fingerprint density at radius 1 is 1.33 bits per heavy atom. The van der Waals surface area contributed by atoms with Crippen LogP contribution in [0.25, 0.3) is 0 Å². The van der Waals surface area contributed by atoms with Gasteiger partial charge in [0.2, 0.25) is 0 Å². The highest BCUT2D eigenvalue weighted by Crippen LogP contribution is 2.62. The number of hydrogen-bond donors (Lipinski definition) is 2. The van der Waals surface area contributed by atoms with E-state index < -0.39 is 6.10 Å². The van der Waals surface area contributed by atoms with Gasteiger partial charge in [-0.15, -0.1) is 0 Å². The summed E-state index contributed by atoms with van der Waals surface area (Å²) in [5.74, 6) is 1.46. The molecule has 2 N–H and O–H groups in total. The Hall–Kier alpha value is -1.23. The van der Waals surface area contributed by atoms with Gasteiger partial charge in [-0.3, -0.25) is 4.79 Å². The summed E-state index contributed by atoms with van der Waals surface area (Å²) in [6, 6.07) is 0. The molecule has 0 aromatic heterocycles. The lowest BCUT2D eigenvalue weighted by Crippen LogP contribution is -2.38. The molecule has 4 rings (SSSR count). The number of aliphatic hydroxyl groups is 2. The first-order valence-electron chi connectivity index (χ1n) is 11.8. The first-order chi connectivity index (χ1) is 14.2. The summed E-state index contributed by atoms with van der Waals surface area (Å²) in [6.45, 7) is 6.38. The lowest BCUT2D eigenvalue weighted by atomic mass is 9.58. The van der Waals surface area contributed by atoms with Crippen molar-refractivity contribution in [3.63, 3.8) is 0 Å². The third-order valence-corrected chi connectivity index (χ3v) is 8.69. The summed E-state index contributed by atoms with van der Waals surface area (Å²) in [5, 5.41) is 20.2. The minimum Gasteiger partial charge on any atom is -0.393 e. The summed E-state index contributed by atoms with van der Waals surface area (Å²) >= 11 is 0. The van der Waals surface area contributed by atoms with Crippen molar-refractivity contribution in [3.05, 3.63) is 34.9 Å². The first-order valence-corrected chi connectivity index (χ1v) is 11.8. The van der Waals surface area contributed by atoms with Crippen molar-refractivity contribution in [3.8, 4) is 0 Å². The Morgan fingerprint density at radius 3 is 2.80 bits per heavy atom. The minimum absolute atomic E-state index is 0.0505. The molecule has 2 saturated carbocycles. The van der Waals surface area contributed by atoms with Crippen LogP contribution in [0.5, 0.6) is 0 Å². The van der Waals surface area contributed by atoms with Crippen molar-refractivity contribution in [2.24, 2.45) is 29.1 Å². The zero-order valence-corrected chi connectivity index (χ0v) is 18.9. The third kappa shape index (κ3) is 3.76. The molecule has 8 atom stereocenters. The fraction of sp³-hybridized carbons (Fsp3) is 0.731. The Balaban J connectivity index is 1.65. The quantitative estimate of drug-likeness (QED) is 0.671. The second-order valence-electron chi connectivity index (χ2n) is 10.5. The Labute approximate surface area is 181 Å². The lowest BCUT2D eigenvalue weighted by molar-refractivity contribution is -0.119. The molecule has 2 fully saturated rings. The van der Waals surface area contributed by atoms with E-state index in [0.29, 0.717) is 30.6 Å². The van der Waals surface area contributed by atoms with E-state index in [1.54, 1.807) is 14.0 Å². The van der Waals surface area contributed by atoms with Gasteiger partial charge in [0.05, 0.1) is 12.2 Å². The molecule has 0 radical (unpaired) electrons. The molecule has 0 heterocycles. The third-order valence-electron chi connectivity index (χ3n) is 8.69. The predicted molar refractivity (Wildman–Crippen MR) is 118 cm³/mol. The highest BCUT2D eigenvalue weighted by Gasteiger charge is 2.53. The molecule has 0 aromatic carbocycles. The van der Waals surface area contributed by atoms with Gasteiger partial charge in [-0.05, 0) is 82.1 Å². The standard InChI is InChI=1S/C26H38O4/c1-15(11-25(30-4)16(2)27)22-7-8-23-21-14-24(29)18-12-17(5-6-19(28)13-18)20(21)9-10-26(22,23)3/h5,11,14,16,18-20,22-23,25,27-28H,6-10,12-13H2,1-4H3/b15-11+/t16-,18+,19+,20-,22+,23+,25+,26-/m1/s1. The van der Waals surface area contributed by atoms with Gasteiger partial charge in [-0.2, -0.15) is 0 Å². The molecule has 0 unspecified atom stereocenters. The van der Waals surface area contributed by atoms with Crippen molar-refractivity contribution in [2.75, 3.05) is 7.11 Å². The number of hydrogen-bond acceptors (Lipinski definition) is 4. The number of allylic oxidation sites excluding steroid dienone is 4. The van der Waals surface area contributed by atoms with Crippen LogP contribution in [0.4, 0.5) is 0 Å². The number of fused-ring (bicyclic) bond motifs is 6. The van der Waals surface area contributed by atoms with Crippen LogP contribution in [0.2, 0.25) is 0 Å². The molecule has 4 aliphatic rings. The smallest absolute Gasteiger partial charge is 0.159 e. The fourth-order valence-corrected chi connectivity index (χ4v) is 7.07. The molecule has 0 aromatic rings. The maximum absolute atomic E-state index is 13.1. The molecule has 4 nitrogen and oxygen atoms in total. The van der Waals surface area contributed by atoms with Crippen molar-refractivity contribution in [2.45, 2.75) is 84.0 Å². The van der Waals surface area contributed by atoms with Crippen LogP contribution < -0.4 is 0 Å². The van der Waals surface area contributed by atoms with E-state index in [0.717, 1.165) is 32.1 Å². The van der Waals surface area contributed by atoms with E-state index in [2.05, 4.69) is 26.0 Å². The highest BCUT2D eigenvalue weighted by molar-refractivity contribution is 5.93. The molecule has 4 aliphatic carbocycles. The number of carbonyl (C=O) groups excluding carboxylic acids is 1. The fourth-order valence-electron chi connectivity index (χ4n) is 7.07. The van der Waals surface area contributed by atoms with E-state index >= 15 is 0 Å². The van der Waals surface area contributed by atoms with Gasteiger partial charge in [-0.1, -0.05) is 35.8 Å². The summed E-state index contributed by atoms with van der Waals surface area (Å²) < 4.78 is 5.48. The maximum Gasteiger partial charge on any atom is 0.159 e. The SMILES string of the molecule is CO[C@@H](/C=C(\C)[C@@H]1CC[C@H]2C3=CC(=O)[C@H]4CC(=CC[C@H](O)C4)[C@H]3CC[C@@]21C)[C@@H](C)O. The van der Waals surface area contributed by atoms with Crippen LogP contribution in [0, 0.1) is 29.1 Å². The molecule has 0 amide bonds. The number of methoxy groups -OCH3 is 1. The average Bonchev–Trinajstić information content (AvgIpc) is 2.84. The summed E-state index contributed by atoms with van der Waals surface area (Å²) in [5.41, 5.74) is 4.23. The van der Waals surface area contributed by atoms with Crippen molar-refractivity contribution in [1.82, 2.24) is 0 Å². The van der Waals surface area contributed by atoms with Crippen molar-refractivity contribution >= 4 is 5.78 Å². The van der Waals surface area contributed by atoms with Crippen LogP contribution in [-0.2, 0) is 9.53 Å². The van der Waals surface area contributed by atoms with Gasteiger partial charge in [0.15, 0.2) is 5.78 Å². The number of ketones is 1. The molecule has 4 heteroatoms. The van der Waals surface area contributed by atoms with Gasteiger partial charge in [0.25, 0.3) is 0 Å². The second kappa shape index (κ2) is 8.37. The van der Waals surface area contributed by atoms with E-state index in [1.165, 1.54) is 16.7 Å². The molecule has 166 valence electrons. The highest BCUT2D eigenvalue weighted by atomic mass is 16.5. The normalized spacial score (nSPS) is 41.1. The van der Waals surface area contributed by atoms with Crippen LogP contribution in [0.3, 0.4) is 0 Å². The molecule has 0 saturated heterocycles. The molecule has 30 heavy (non-hydrogen) atoms. The Morgan fingerprint density at radius 2 is 2.10 bits per heavy atom. The maximum atomic E-state index is 13.1. The molecule has 2 bridgehead atoms. The monoisotopic (exact) mass is 414 g/mol. The van der Waals surface area contributed by atoms with Crippen LogP contribution in [0.15, 0.2) is 34.9 Å². The summed E-state index contributed by atoms with van der Waals surface area (Å²) in [4.78, 5) is 13.1. The van der Waals surface area contributed by atoms with E-state index in [-0.39, 0.29) is 29.3 Å². The minimum atomic E-state index is -0.529. The van der Waals surface area contributed by atoms with Crippen LogP contribution >= 0.6 is 0 Å². The van der Waals surface area contributed by atoms with E-state index in [4.69, 9.17) is 4.74 Å². The largest absolute Gasteiger partial charge is 0.393 e. The predicted octanol–water partition coefficient (Wildman–Crippen LogP) is 4.37. The number of carbonyl (C=O) groups is 1. The topological polar surface area (TPSA) is 66.8 Å². The second-order valence-corrected chi connectivity index (χ2v) is 10.5. The number of rotatable bonds is 4. The van der Waals surface area contributed by atoms with Gasteiger partial charge in [0.1, 0.15) is 6.10 Å². The zero-order chi connectivity index (χ0) is 21.6. The Kier molecular flexibility index (Phi) is 6.13. The van der Waals surface area contributed by atoms with Crippen molar-refractivity contribution < 1.29 is 19.7 Å². The van der Waals surface area contributed by atoms with Crippen LogP contribution in [0.1, 0.15) is 65.7 Å². The van der Waals surface area contributed by atoms with Crippen LogP contribution in [-0.4, -0.2) is 41.4 Å². The summed E-state index contributed by atoms with van der Waals surface area (Å²) in [6.07, 6.45) is 11.8. The van der Waals surface area contributed by atoms with Crippen molar-refractivity contribution in [1.29, 1.82) is 0 Å². The first kappa shape index (κ1) is 22.0. The van der Waals surface area contributed by atoms with Gasteiger partial charge in [-0.25, -0.2) is 0 Å². The van der Waals surface area contributed by atoms with E-state index in [1.807, 2.05) is 6.08 Å². The number of ether oxygens (including phenoxy) is 1.